The molecule has 1 aromatic carbocycles. The van der Waals surface area contributed by atoms with E-state index in [1.807, 2.05) is 0 Å². The summed E-state index contributed by atoms with van der Waals surface area (Å²) in [7, 11) is 1.26. The van der Waals surface area contributed by atoms with Crippen LogP contribution in [0.1, 0.15) is 16.8 Å². The lowest BCUT2D eigenvalue weighted by atomic mass is 10.1. The van der Waals surface area contributed by atoms with E-state index in [4.69, 9.17) is 11.6 Å². The van der Waals surface area contributed by atoms with E-state index in [-0.39, 0.29) is 24.4 Å². The van der Waals surface area contributed by atoms with Crippen LogP contribution in [-0.4, -0.2) is 36.7 Å². The number of anilines is 1. The number of esters is 1. The molecule has 0 radical (unpaired) electrons. The number of carbonyl (C=O) groups excluding carboxylic acids is 2. The molecule has 1 aliphatic heterocycles. The Labute approximate surface area is 109 Å². The lowest BCUT2D eigenvalue weighted by Gasteiger charge is -2.19. The average Bonchev–Trinajstić information content (AvgIpc) is 2.67. The Morgan fingerprint density at radius 3 is 2.83 bits per heavy atom. The van der Waals surface area contributed by atoms with Crippen LogP contribution in [0.5, 0.6) is 0 Å². The van der Waals surface area contributed by atoms with Gasteiger partial charge in [-0.25, -0.2) is 4.79 Å². The van der Waals surface area contributed by atoms with Crippen molar-refractivity contribution in [3.63, 3.8) is 0 Å². The molecule has 6 heteroatoms. The normalized spacial score (nSPS) is 19.2. The highest BCUT2D eigenvalue weighted by molar-refractivity contribution is 6.31. The van der Waals surface area contributed by atoms with Crippen LogP contribution < -0.4 is 4.90 Å². The highest BCUT2D eigenvalue weighted by Gasteiger charge is 2.31. The average molecular weight is 270 g/mol. The van der Waals surface area contributed by atoms with Crippen LogP contribution in [0.25, 0.3) is 0 Å². The summed E-state index contributed by atoms with van der Waals surface area (Å²) >= 11 is 5.83. The summed E-state index contributed by atoms with van der Waals surface area (Å²) in [5.41, 5.74) is 0.625. The molecule has 1 saturated heterocycles. The van der Waals surface area contributed by atoms with Gasteiger partial charge in [0.15, 0.2) is 0 Å². The molecule has 1 heterocycles. The van der Waals surface area contributed by atoms with Gasteiger partial charge < -0.3 is 14.7 Å². The van der Waals surface area contributed by atoms with E-state index >= 15 is 0 Å². The Morgan fingerprint density at radius 2 is 2.28 bits per heavy atom. The number of aliphatic hydroxyl groups excluding tert-OH is 1. The minimum atomic E-state index is -0.710. The van der Waals surface area contributed by atoms with Gasteiger partial charge in [-0.2, -0.15) is 0 Å². The SMILES string of the molecule is COC(=O)c1cc(Cl)ccc1N1CC(O)CC1=O. The van der Waals surface area contributed by atoms with Gasteiger partial charge in [-0.1, -0.05) is 11.6 Å². The number of carbonyl (C=O) groups is 2. The molecule has 96 valence electrons. The lowest BCUT2D eigenvalue weighted by Crippen LogP contribution is -2.27. The zero-order valence-corrected chi connectivity index (χ0v) is 10.5. The van der Waals surface area contributed by atoms with Gasteiger partial charge >= 0.3 is 5.97 Å². The number of aliphatic hydroxyl groups is 1. The third-order valence-corrected chi connectivity index (χ3v) is 2.99. The van der Waals surface area contributed by atoms with Crippen LogP contribution in [0.4, 0.5) is 5.69 Å². The molecule has 1 unspecified atom stereocenters. The van der Waals surface area contributed by atoms with Gasteiger partial charge in [0.05, 0.1) is 37.4 Å². The second-order valence-corrected chi connectivity index (χ2v) is 4.45. The number of ether oxygens (including phenoxy) is 1. The van der Waals surface area contributed by atoms with Crippen molar-refractivity contribution in [2.24, 2.45) is 0 Å². The van der Waals surface area contributed by atoms with Crippen molar-refractivity contribution in [2.75, 3.05) is 18.6 Å². The highest BCUT2D eigenvalue weighted by atomic mass is 35.5. The Bertz CT molecular complexity index is 503. The summed E-state index contributed by atoms with van der Waals surface area (Å²) in [4.78, 5) is 24.7. The molecule has 1 aliphatic rings. The number of methoxy groups -OCH3 is 1. The Morgan fingerprint density at radius 1 is 1.56 bits per heavy atom. The first-order valence-corrected chi connectivity index (χ1v) is 5.77. The molecule has 0 aromatic heterocycles. The monoisotopic (exact) mass is 269 g/mol. The van der Waals surface area contributed by atoms with Crippen molar-refractivity contribution < 1.29 is 19.4 Å². The van der Waals surface area contributed by atoms with Gasteiger partial charge in [0, 0.05) is 5.02 Å². The number of hydrogen-bond donors (Lipinski definition) is 1. The fraction of sp³-hybridized carbons (Fsp3) is 0.333. The molecule has 2 rings (SSSR count). The molecule has 0 aliphatic carbocycles. The van der Waals surface area contributed by atoms with Crippen LogP contribution in [0, 0.1) is 0 Å². The van der Waals surface area contributed by atoms with Gasteiger partial charge in [0.1, 0.15) is 0 Å². The number of amides is 1. The van der Waals surface area contributed by atoms with Gasteiger partial charge in [-0.3, -0.25) is 4.79 Å². The molecule has 1 N–H and O–H groups in total. The summed E-state index contributed by atoms with van der Waals surface area (Å²) in [6.07, 6.45) is -0.651. The first-order chi connectivity index (χ1) is 8.52. The predicted octanol–water partition coefficient (Wildman–Crippen LogP) is 1.22. The van der Waals surface area contributed by atoms with E-state index in [0.29, 0.717) is 10.7 Å². The van der Waals surface area contributed by atoms with Gasteiger partial charge in [-0.15, -0.1) is 0 Å². The molecule has 1 aromatic rings. The molecule has 0 saturated carbocycles. The van der Waals surface area contributed by atoms with E-state index in [1.54, 1.807) is 12.1 Å². The van der Waals surface area contributed by atoms with E-state index < -0.39 is 12.1 Å². The van der Waals surface area contributed by atoms with Crippen molar-refractivity contribution in [3.05, 3.63) is 28.8 Å². The smallest absolute Gasteiger partial charge is 0.340 e. The first kappa shape index (κ1) is 12.9. The molecule has 0 bridgehead atoms. The maximum atomic E-state index is 11.7. The molecule has 0 spiro atoms. The summed E-state index contributed by atoms with van der Waals surface area (Å²) in [5.74, 6) is -0.795. The van der Waals surface area contributed by atoms with Gasteiger partial charge in [0.25, 0.3) is 0 Å². The molecule has 1 fully saturated rings. The number of benzene rings is 1. The largest absolute Gasteiger partial charge is 0.465 e. The number of nitrogens with zero attached hydrogens (tertiary/aromatic N) is 1. The minimum absolute atomic E-state index is 0.0588. The number of halogens is 1. The third-order valence-electron chi connectivity index (χ3n) is 2.76. The lowest BCUT2D eigenvalue weighted by molar-refractivity contribution is -0.117. The van der Waals surface area contributed by atoms with Crippen LogP contribution in [0.3, 0.4) is 0 Å². The quantitative estimate of drug-likeness (QED) is 0.820. The topological polar surface area (TPSA) is 66.8 Å². The van der Waals surface area contributed by atoms with Crippen LogP contribution in [0.2, 0.25) is 5.02 Å². The predicted molar refractivity (Wildman–Crippen MR) is 65.8 cm³/mol. The second-order valence-electron chi connectivity index (χ2n) is 4.02. The molecule has 1 amide bonds. The summed E-state index contributed by atoms with van der Waals surface area (Å²) < 4.78 is 4.66. The third kappa shape index (κ3) is 2.32. The molecule has 1 atom stereocenters. The molecular formula is C12H12ClNO4. The molecular weight excluding hydrogens is 258 g/mol. The van der Waals surface area contributed by atoms with Crippen LogP contribution in [-0.2, 0) is 9.53 Å². The van der Waals surface area contributed by atoms with Crippen molar-refractivity contribution in [1.82, 2.24) is 0 Å². The van der Waals surface area contributed by atoms with Gasteiger partial charge in [0.2, 0.25) is 5.91 Å². The summed E-state index contributed by atoms with van der Waals surface area (Å²) in [6, 6.07) is 4.60. The maximum Gasteiger partial charge on any atom is 0.340 e. The van der Waals surface area contributed by atoms with Crippen molar-refractivity contribution in [1.29, 1.82) is 0 Å². The Kier molecular flexibility index (Phi) is 3.54. The fourth-order valence-corrected chi connectivity index (χ4v) is 2.11. The zero-order valence-electron chi connectivity index (χ0n) is 9.72. The Hall–Kier alpha value is -1.59. The van der Waals surface area contributed by atoms with Crippen LogP contribution >= 0.6 is 11.6 Å². The number of β-amino-alcohol motifs (C(OH)–C–C–N with tert-alkyl or cyclic N) is 1. The maximum absolute atomic E-state index is 11.7. The Balaban J connectivity index is 2.44. The summed E-state index contributed by atoms with van der Waals surface area (Å²) in [5, 5.41) is 9.85. The van der Waals surface area contributed by atoms with E-state index in [2.05, 4.69) is 4.74 Å². The number of rotatable bonds is 2. The highest BCUT2D eigenvalue weighted by Crippen LogP contribution is 2.28. The van der Waals surface area contributed by atoms with Crippen molar-refractivity contribution >= 4 is 29.2 Å². The number of hydrogen-bond acceptors (Lipinski definition) is 4. The van der Waals surface area contributed by atoms with Gasteiger partial charge in [-0.05, 0) is 18.2 Å². The summed E-state index contributed by atoms with van der Waals surface area (Å²) in [6.45, 7) is 0.171. The first-order valence-electron chi connectivity index (χ1n) is 5.39. The second kappa shape index (κ2) is 4.96. The van der Waals surface area contributed by atoms with Crippen molar-refractivity contribution in [2.45, 2.75) is 12.5 Å². The minimum Gasteiger partial charge on any atom is -0.465 e. The van der Waals surface area contributed by atoms with E-state index in [1.165, 1.54) is 18.1 Å². The molecule has 18 heavy (non-hydrogen) atoms. The van der Waals surface area contributed by atoms with Crippen LogP contribution in [0.15, 0.2) is 18.2 Å². The fourth-order valence-electron chi connectivity index (χ4n) is 1.94. The standard InChI is InChI=1S/C12H12ClNO4/c1-18-12(17)9-4-7(13)2-3-10(9)14-6-8(15)5-11(14)16/h2-4,8,15H,5-6H2,1H3. The van der Waals surface area contributed by atoms with E-state index in [9.17, 15) is 14.7 Å². The molecule has 5 nitrogen and oxygen atoms in total. The van der Waals surface area contributed by atoms with Crippen molar-refractivity contribution in [3.8, 4) is 0 Å². The van der Waals surface area contributed by atoms with E-state index in [0.717, 1.165) is 0 Å². The zero-order chi connectivity index (χ0) is 13.3.